The number of benzene rings is 5. The Hall–Kier alpha value is -7.51. The van der Waals surface area contributed by atoms with Crippen LogP contribution >= 0.6 is 0 Å². The molecule has 0 aliphatic rings. The van der Waals surface area contributed by atoms with E-state index in [1.165, 1.54) is 26.4 Å². The maximum Gasteiger partial charge on any atom is 0.357 e. The molecule has 2 heterocycles. The van der Waals surface area contributed by atoms with Crippen LogP contribution in [0.25, 0.3) is 16.7 Å². The number of imidazole rings is 1. The number of para-hydroxylation sites is 1. The van der Waals surface area contributed by atoms with Gasteiger partial charge in [-0.15, -0.1) is 5.06 Å². The highest BCUT2D eigenvalue weighted by molar-refractivity contribution is 6.12. The van der Waals surface area contributed by atoms with Crippen LogP contribution in [0.15, 0.2) is 149 Å². The summed E-state index contributed by atoms with van der Waals surface area (Å²) in [6.07, 6.45) is 5.81. The van der Waals surface area contributed by atoms with Gasteiger partial charge in [-0.05, 0) is 72.1 Å². The van der Waals surface area contributed by atoms with Crippen LogP contribution in [0.2, 0.25) is 0 Å². The second-order valence-corrected chi connectivity index (χ2v) is 12.8. The van der Waals surface area contributed by atoms with Crippen molar-refractivity contribution in [2.24, 2.45) is 0 Å². The molecule has 7 rings (SSSR count). The molecular weight excluding hydrogens is 727 g/mol. The Labute approximate surface area is 327 Å². The van der Waals surface area contributed by atoms with Gasteiger partial charge in [0.15, 0.2) is 22.7 Å². The number of anilines is 2. The highest BCUT2D eigenvalue weighted by Gasteiger charge is 2.22. The van der Waals surface area contributed by atoms with E-state index < -0.39 is 17.8 Å². The molecule has 2 aromatic heterocycles. The second-order valence-electron chi connectivity index (χ2n) is 12.8. The fourth-order valence-corrected chi connectivity index (χ4v) is 6.11. The molecule has 13 heteroatoms. The standard InChI is InChI=1S/C44H37N5O8/c1-54-39-24-35(36(25-40(39)55-2)47-43(52)41-26-37(50)34-13-6-7-14-38(34)56-41)42(51)46-32-17-15-29(16-18-32)19-21-49(57-44(53)31-10-4-3-5-11-31)27-30-9-8-12-33(23-30)48-22-20-45-28-48/h3-18,20,22-26,28H,19,21,27H2,1-2H3,(H,46,51)(H,47,52). The van der Waals surface area contributed by atoms with Gasteiger partial charge in [0, 0.05) is 42.4 Å². The van der Waals surface area contributed by atoms with E-state index in [9.17, 15) is 19.2 Å². The van der Waals surface area contributed by atoms with Crippen LogP contribution in [0.1, 0.15) is 42.4 Å². The van der Waals surface area contributed by atoms with E-state index in [1.807, 2.05) is 53.2 Å². The predicted octanol–water partition coefficient (Wildman–Crippen LogP) is 7.32. The van der Waals surface area contributed by atoms with Crippen molar-refractivity contribution in [2.75, 3.05) is 31.4 Å². The van der Waals surface area contributed by atoms with E-state index in [1.54, 1.807) is 78.3 Å². The van der Waals surface area contributed by atoms with Crippen LogP contribution in [0.5, 0.6) is 11.5 Å². The first-order valence-electron chi connectivity index (χ1n) is 17.9. The molecule has 0 bridgehead atoms. The molecule has 5 aromatic carbocycles. The molecule has 286 valence electrons. The monoisotopic (exact) mass is 763 g/mol. The van der Waals surface area contributed by atoms with Crippen molar-refractivity contribution in [3.05, 3.63) is 178 Å². The summed E-state index contributed by atoms with van der Waals surface area (Å²) in [5.74, 6) is -1.45. The van der Waals surface area contributed by atoms with Gasteiger partial charge in [-0.3, -0.25) is 14.4 Å². The van der Waals surface area contributed by atoms with Crippen molar-refractivity contribution >= 4 is 40.1 Å². The van der Waals surface area contributed by atoms with E-state index >= 15 is 0 Å². The first kappa shape index (κ1) is 37.8. The molecule has 57 heavy (non-hydrogen) atoms. The minimum absolute atomic E-state index is 0.0706. The summed E-state index contributed by atoms with van der Waals surface area (Å²) in [6, 6.07) is 34.6. The third-order valence-electron chi connectivity index (χ3n) is 9.03. The number of nitrogens with one attached hydrogen (secondary N) is 2. The average Bonchev–Trinajstić information content (AvgIpc) is 3.79. The maximum absolute atomic E-state index is 13.7. The van der Waals surface area contributed by atoms with Gasteiger partial charge in [-0.25, -0.2) is 9.78 Å². The van der Waals surface area contributed by atoms with Crippen LogP contribution in [0.4, 0.5) is 11.4 Å². The van der Waals surface area contributed by atoms with Gasteiger partial charge in [0.2, 0.25) is 0 Å². The third-order valence-corrected chi connectivity index (χ3v) is 9.03. The summed E-state index contributed by atoms with van der Waals surface area (Å²) in [5.41, 5.74) is 3.76. The Bertz CT molecular complexity index is 2590. The van der Waals surface area contributed by atoms with Crippen molar-refractivity contribution in [3.63, 3.8) is 0 Å². The molecule has 0 aliphatic carbocycles. The molecule has 0 spiro atoms. The highest BCUT2D eigenvalue weighted by Crippen LogP contribution is 2.34. The third kappa shape index (κ3) is 9.07. The Morgan fingerprint density at radius 2 is 1.53 bits per heavy atom. The van der Waals surface area contributed by atoms with Gasteiger partial charge in [0.1, 0.15) is 5.58 Å². The summed E-state index contributed by atoms with van der Waals surface area (Å²) in [4.78, 5) is 62.9. The lowest BCUT2D eigenvalue weighted by molar-refractivity contribution is -0.116. The zero-order chi connectivity index (χ0) is 39.7. The fraction of sp³-hybridized carbons (Fsp3) is 0.114. The summed E-state index contributed by atoms with van der Waals surface area (Å²) in [6.45, 7) is 0.720. The molecule has 0 saturated heterocycles. The number of carbonyl (C=O) groups excluding carboxylic acids is 3. The highest BCUT2D eigenvalue weighted by atomic mass is 16.7. The van der Waals surface area contributed by atoms with Crippen molar-refractivity contribution in [1.82, 2.24) is 14.6 Å². The van der Waals surface area contributed by atoms with Crippen LogP contribution in [-0.2, 0) is 17.8 Å². The summed E-state index contributed by atoms with van der Waals surface area (Å²) in [5, 5.41) is 7.53. The molecular formula is C44H37N5O8. The Morgan fingerprint density at radius 1 is 0.772 bits per heavy atom. The maximum atomic E-state index is 13.7. The molecule has 0 aliphatic heterocycles. The second kappa shape index (κ2) is 17.3. The van der Waals surface area contributed by atoms with E-state index in [2.05, 4.69) is 15.6 Å². The minimum atomic E-state index is -0.738. The SMILES string of the molecule is COc1cc(NC(=O)c2cc(=O)c3ccccc3o2)c(C(=O)Nc2ccc(CCN(Cc3cccc(-n4ccnc4)c3)OC(=O)c3ccccc3)cc2)cc1OC. The minimum Gasteiger partial charge on any atom is -0.493 e. The number of fused-ring (bicyclic) bond motifs is 1. The fourth-order valence-electron chi connectivity index (χ4n) is 6.11. The summed E-state index contributed by atoms with van der Waals surface area (Å²) >= 11 is 0. The number of hydroxylamine groups is 2. The van der Waals surface area contributed by atoms with E-state index in [0.29, 0.717) is 36.1 Å². The first-order chi connectivity index (χ1) is 27.8. The first-order valence-corrected chi connectivity index (χ1v) is 17.9. The number of carbonyl (C=O) groups is 3. The Morgan fingerprint density at radius 3 is 2.28 bits per heavy atom. The van der Waals surface area contributed by atoms with E-state index in [-0.39, 0.29) is 39.5 Å². The lowest BCUT2D eigenvalue weighted by atomic mass is 10.1. The van der Waals surface area contributed by atoms with E-state index in [0.717, 1.165) is 22.9 Å². The van der Waals surface area contributed by atoms with Crippen molar-refractivity contribution in [2.45, 2.75) is 13.0 Å². The molecule has 7 aromatic rings. The molecule has 13 nitrogen and oxygen atoms in total. The Balaban J connectivity index is 1.06. The molecule has 0 radical (unpaired) electrons. The molecule has 0 atom stereocenters. The van der Waals surface area contributed by atoms with Gasteiger partial charge in [-0.1, -0.05) is 54.6 Å². The van der Waals surface area contributed by atoms with Crippen molar-refractivity contribution in [3.8, 4) is 17.2 Å². The number of hydrogen-bond donors (Lipinski definition) is 2. The largest absolute Gasteiger partial charge is 0.493 e. The number of amides is 2. The summed E-state index contributed by atoms with van der Waals surface area (Å²) < 4.78 is 18.5. The molecule has 2 amide bonds. The molecule has 0 fully saturated rings. The number of methoxy groups -OCH3 is 2. The zero-order valence-electron chi connectivity index (χ0n) is 31.0. The van der Waals surface area contributed by atoms with Gasteiger partial charge in [0.25, 0.3) is 11.8 Å². The van der Waals surface area contributed by atoms with Gasteiger partial charge in [-0.2, -0.15) is 0 Å². The summed E-state index contributed by atoms with van der Waals surface area (Å²) in [7, 11) is 2.86. The van der Waals surface area contributed by atoms with E-state index in [4.69, 9.17) is 18.7 Å². The topological polar surface area (TPSA) is 154 Å². The normalized spacial score (nSPS) is 10.9. The average molecular weight is 764 g/mol. The number of ether oxygens (including phenoxy) is 2. The van der Waals surface area contributed by atoms with Crippen molar-refractivity contribution in [1.29, 1.82) is 0 Å². The smallest absolute Gasteiger partial charge is 0.357 e. The number of hydrogen-bond acceptors (Lipinski definition) is 10. The lowest BCUT2D eigenvalue weighted by Crippen LogP contribution is -2.29. The predicted molar refractivity (Wildman–Crippen MR) is 214 cm³/mol. The van der Waals surface area contributed by atoms with Crippen LogP contribution in [-0.4, -0.2) is 53.2 Å². The molecule has 0 unspecified atom stereocenters. The van der Waals surface area contributed by atoms with Gasteiger partial charge in [0.05, 0.1) is 49.3 Å². The van der Waals surface area contributed by atoms with Crippen LogP contribution < -0.4 is 25.5 Å². The quantitative estimate of drug-likeness (QED) is 0.108. The van der Waals surface area contributed by atoms with Crippen LogP contribution in [0.3, 0.4) is 0 Å². The molecule has 2 N–H and O–H groups in total. The van der Waals surface area contributed by atoms with Gasteiger partial charge >= 0.3 is 5.97 Å². The zero-order valence-corrected chi connectivity index (χ0v) is 31.0. The van der Waals surface area contributed by atoms with Crippen LogP contribution in [0, 0.1) is 0 Å². The molecule has 0 saturated carbocycles. The Kier molecular flexibility index (Phi) is 11.5. The van der Waals surface area contributed by atoms with Crippen molar-refractivity contribution < 1.29 is 33.1 Å². The lowest BCUT2D eigenvalue weighted by Gasteiger charge is -2.22. The number of nitrogens with zero attached hydrogens (tertiary/aromatic N) is 3. The number of rotatable bonds is 14. The number of aromatic nitrogens is 2. The van der Waals surface area contributed by atoms with Gasteiger partial charge < -0.3 is 33.9 Å².